The first-order valence-electron chi connectivity index (χ1n) is 6.52. The zero-order valence-corrected chi connectivity index (χ0v) is 12.8. The monoisotopic (exact) mass is 286 g/mol. The second kappa shape index (κ2) is 6.62. The molecule has 0 amide bonds. The zero-order valence-electron chi connectivity index (χ0n) is 12.0. The van der Waals surface area contributed by atoms with E-state index in [1.54, 1.807) is 11.8 Å². The van der Waals surface area contributed by atoms with E-state index in [4.69, 9.17) is 4.74 Å². The molecule has 2 nitrogen and oxygen atoms in total. The lowest BCUT2D eigenvalue weighted by Gasteiger charge is -2.09. The summed E-state index contributed by atoms with van der Waals surface area (Å²) in [5.74, 6) is 1.26. The standard InChI is InChI=1S/C17H18O2S/c1-12-6-4-5-7-15(12)11-20-17-9-8-16(10-13(17)2)19-14(3)18/h4-10H,11H2,1-3H3. The van der Waals surface area contributed by atoms with Crippen molar-refractivity contribution in [3.63, 3.8) is 0 Å². The van der Waals surface area contributed by atoms with Crippen LogP contribution in [0, 0.1) is 13.8 Å². The molecule has 104 valence electrons. The van der Waals surface area contributed by atoms with E-state index in [9.17, 15) is 4.79 Å². The summed E-state index contributed by atoms with van der Waals surface area (Å²) < 4.78 is 5.08. The summed E-state index contributed by atoms with van der Waals surface area (Å²) in [7, 11) is 0. The Balaban J connectivity index is 2.07. The van der Waals surface area contributed by atoms with Crippen molar-refractivity contribution in [2.75, 3.05) is 0 Å². The van der Waals surface area contributed by atoms with Gasteiger partial charge in [-0.25, -0.2) is 0 Å². The minimum absolute atomic E-state index is 0.287. The van der Waals surface area contributed by atoms with Gasteiger partial charge in [0, 0.05) is 17.6 Å². The molecule has 0 saturated carbocycles. The van der Waals surface area contributed by atoms with E-state index >= 15 is 0 Å². The minimum Gasteiger partial charge on any atom is -0.427 e. The first-order valence-corrected chi connectivity index (χ1v) is 7.51. The molecule has 0 radical (unpaired) electrons. The van der Waals surface area contributed by atoms with Crippen molar-refractivity contribution in [1.29, 1.82) is 0 Å². The summed E-state index contributed by atoms with van der Waals surface area (Å²) in [5, 5.41) is 0. The van der Waals surface area contributed by atoms with Crippen molar-refractivity contribution >= 4 is 17.7 Å². The quantitative estimate of drug-likeness (QED) is 0.469. The molecule has 0 fully saturated rings. The first-order chi connectivity index (χ1) is 9.56. The highest BCUT2D eigenvalue weighted by atomic mass is 32.2. The fourth-order valence-corrected chi connectivity index (χ4v) is 3.03. The number of hydrogen-bond acceptors (Lipinski definition) is 3. The van der Waals surface area contributed by atoms with Gasteiger partial charge in [-0.15, -0.1) is 11.8 Å². The van der Waals surface area contributed by atoms with Gasteiger partial charge in [0.1, 0.15) is 5.75 Å². The fraction of sp³-hybridized carbons (Fsp3) is 0.235. The molecule has 0 atom stereocenters. The van der Waals surface area contributed by atoms with Crippen LogP contribution in [-0.2, 0) is 10.5 Å². The highest BCUT2D eigenvalue weighted by Crippen LogP contribution is 2.29. The molecule has 2 rings (SSSR count). The third-order valence-electron chi connectivity index (χ3n) is 3.05. The number of thioether (sulfide) groups is 1. The molecule has 2 aromatic rings. The Morgan fingerprint density at radius 1 is 1.10 bits per heavy atom. The van der Waals surface area contributed by atoms with E-state index in [2.05, 4.69) is 31.2 Å². The number of carbonyl (C=O) groups is 1. The molecule has 0 aliphatic carbocycles. The predicted molar refractivity (Wildman–Crippen MR) is 83.2 cm³/mol. The van der Waals surface area contributed by atoms with Crippen LogP contribution >= 0.6 is 11.8 Å². The van der Waals surface area contributed by atoms with Crippen LogP contribution in [-0.4, -0.2) is 5.97 Å². The molecule has 0 aliphatic heterocycles. The largest absolute Gasteiger partial charge is 0.427 e. The number of rotatable bonds is 4. The van der Waals surface area contributed by atoms with Crippen LogP contribution < -0.4 is 4.74 Å². The Morgan fingerprint density at radius 2 is 1.85 bits per heavy atom. The van der Waals surface area contributed by atoms with Crippen LogP contribution in [0.2, 0.25) is 0 Å². The third-order valence-corrected chi connectivity index (χ3v) is 4.28. The highest BCUT2D eigenvalue weighted by Gasteiger charge is 2.05. The van der Waals surface area contributed by atoms with Crippen molar-refractivity contribution in [2.24, 2.45) is 0 Å². The number of benzene rings is 2. The SMILES string of the molecule is CC(=O)Oc1ccc(SCc2ccccc2C)c(C)c1. The molecule has 0 aromatic heterocycles. The Bertz CT molecular complexity index is 620. The predicted octanol–water partition coefficient (Wildman–Crippen LogP) is 4.52. The van der Waals surface area contributed by atoms with Gasteiger partial charge in [-0.1, -0.05) is 24.3 Å². The number of ether oxygens (including phenoxy) is 1. The Labute approximate surface area is 124 Å². The number of carbonyl (C=O) groups excluding carboxylic acids is 1. The fourth-order valence-electron chi connectivity index (χ4n) is 1.94. The maximum absolute atomic E-state index is 10.9. The summed E-state index contributed by atoms with van der Waals surface area (Å²) in [6, 6.07) is 14.2. The average molecular weight is 286 g/mol. The summed E-state index contributed by atoms with van der Waals surface area (Å²) in [4.78, 5) is 12.1. The van der Waals surface area contributed by atoms with Gasteiger partial charge in [0.2, 0.25) is 0 Å². The van der Waals surface area contributed by atoms with Gasteiger partial charge >= 0.3 is 5.97 Å². The summed E-state index contributed by atoms with van der Waals surface area (Å²) in [5.41, 5.74) is 3.79. The lowest BCUT2D eigenvalue weighted by Crippen LogP contribution is -2.01. The molecule has 3 heteroatoms. The Morgan fingerprint density at radius 3 is 2.50 bits per heavy atom. The van der Waals surface area contributed by atoms with Crippen LogP contribution in [0.5, 0.6) is 5.75 Å². The van der Waals surface area contributed by atoms with Gasteiger partial charge in [0.15, 0.2) is 0 Å². The minimum atomic E-state index is -0.287. The van der Waals surface area contributed by atoms with Crippen LogP contribution in [0.4, 0.5) is 0 Å². The molecular formula is C17H18O2S. The molecule has 0 unspecified atom stereocenters. The highest BCUT2D eigenvalue weighted by molar-refractivity contribution is 7.98. The summed E-state index contributed by atoms with van der Waals surface area (Å²) in [6.45, 7) is 5.58. The molecule has 0 N–H and O–H groups in total. The maximum Gasteiger partial charge on any atom is 0.308 e. The van der Waals surface area contributed by atoms with Gasteiger partial charge in [0.05, 0.1) is 0 Å². The maximum atomic E-state index is 10.9. The van der Waals surface area contributed by atoms with Crippen LogP contribution in [0.1, 0.15) is 23.6 Å². The third kappa shape index (κ3) is 3.87. The second-order valence-corrected chi connectivity index (χ2v) is 5.75. The van der Waals surface area contributed by atoms with E-state index in [1.807, 2.05) is 25.1 Å². The number of aryl methyl sites for hydroxylation is 2. The van der Waals surface area contributed by atoms with Gasteiger partial charge in [-0.05, 0) is 48.7 Å². The normalized spacial score (nSPS) is 10.3. The van der Waals surface area contributed by atoms with Gasteiger partial charge in [-0.2, -0.15) is 0 Å². The lowest BCUT2D eigenvalue weighted by atomic mass is 10.1. The van der Waals surface area contributed by atoms with Crippen molar-refractivity contribution in [3.05, 3.63) is 59.2 Å². The van der Waals surface area contributed by atoms with Gasteiger partial charge < -0.3 is 4.74 Å². The second-order valence-electron chi connectivity index (χ2n) is 4.74. The molecule has 0 aliphatic rings. The molecular weight excluding hydrogens is 268 g/mol. The van der Waals surface area contributed by atoms with E-state index in [0.29, 0.717) is 5.75 Å². The van der Waals surface area contributed by atoms with E-state index < -0.39 is 0 Å². The molecule has 0 spiro atoms. The Hall–Kier alpha value is -1.74. The topological polar surface area (TPSA) is 26.3 Å². The Kier molecular flexibility index (Phi) is 4.85. The molecule has 0 saturated heterocycles. The average Bonchev–Trinajstić information content (AvgIpc) is 2.39. The molecule has 2 aromatic carbocycles. The van der Waals surface area contributed by atoms with Crippen molar-refractivity contribution in [2.45, 2.75) is 31.4 Å². The zero-order chi connectivity index (χ0) is 14.5. The lowest BCUT2D eigenvalue weighted by molar-refractivity contribution is -0.131. The summed E-state index contributed by atoms with van der Waals surface area (Å²) in [6.07, 6.45) is 0. The molecule has 0 bridgehead atoms. The van der Waals surface area contributed by atoms with E-state index in [-0.39, 0.29) is 5.97 Å². The number of esters is 1. The van der Waals surface area contributed by atoms with Crippen LogP contribution in [0.15, 0.2) is 47.4 Å². The van der Waals surface area contributed by atoms with Crippen molar-refractivity contribution < 1.29 is 9.53 Å². The van der Waals surface area contributed by atoms with Crippen molar-refractivity contribution in [3.8, 4) is 5.75 Å². The summed E-state index contributed by atoms with van der Waals surface area (Å²) >= 11 is 1.80. The molecule has 0 heterocycles. The smallest absolute Gasteiger partial charge is 0.308 e. The van der Waals surface area contributed by atoms with Crippen LogP contribution in [0.3, 0.4) is 0 Å². The van der Waals surface area contributed by atoms with Gasteiger partial charge in [0.25, 0.3) is 0 Å². The number of hydrogen-bond donors (Lipinski definition) is 0. The first kappa shape index (κ1) is 14.7. The molecule has 20 heavy (non-hydrogen) atoms. The van der Waals surface area contributed by atoms with Gasteiger partial charge in [-0.3, -0.25) is 4.79 Å². The van der Waals surface area contributed by atoms with Crippen molar-refractivity contribution in [1.82, 2.24) is 0 Å². The van der Waals surface area contributed by atoms with E-state index in [1.165, 1.54) is 22.9 Å². The van der Waals surface area contributed by atoms with Crippen LogP contribution in [0.25, 0.3) is 0 Å². The van der Waals surface area contributed by atoms with E-state index in [0.717, 1.165) is 11.3 Å².